The summed E-state index contributed by atoms with van der Waals surface area (Å²) in [5.74, 6) is 6.86. The molecule has 1 saturated heterocycles. The maximum Gasteiger partial charge on any atom is 0.323 e. The number of hydrogen-bond donors (Lipinski definition) is 1. The number of hydrogen-bond acceptors (Lipinski definition) is 2. The number of piperidine rings is 1. The highest BCUT2D eigenvalue weighted by Crippen LogP contribution is 2.34. The fourth-order valence-electron chi connectivity index (χ4n) is 3.27. The van der Waals surface area contributed by atoms with Crippen LogP contribution < -0.4 is 5.32 Å². The summed E-state index contributed by atoms with van der Waals surface area (Å²) in [4.78, 5) is 18.8. The van der Waals surface area contributed by atoms with Gasteiger partial charge in [-0.05, 0) is 49.8 Å². The summed E-state index contributed by atoms with van der Waals surface area (Å²) in [5, 5.41) is 3.57. The van der Waals surface area contributed by atoms with Gasteiger partial charge in [-0.3, -0.25) is 5.32 Å². The zero-order chi connectivity index (χ0) is 20.1. The molecule has 0 bridgehead atoms. The minimum absolute atomic E-state index is 0.116. The first-order chi connectivity index (χ1) is 13.3. The summed E-state index contributed by atoms with van der Waals surface area (Å²) < 4.78 is 0. The minimum Gasteiger partial charge on any atom is -0.323 e. The molecule has 0 unspecified atom stereocenters. The third-order valence-corrected chi connectivity index (χ3v) is 5.04. The normalized spacial score (nSPS) is 17.0. The van der Waals surface area contributed by atoms with E-state index in [2.05, 4.69) is 36.0 Å². The number of aryl methyl sites for hydroxylation is 1. The number of pyridine rings is 1. The van der Waals surface area contributed by atoms with Crippen molar-refractivity contribution >= 4 is 23.4 Å². The molecule has 1 aliphatic heterocycles. The molecule has 0 atom stereocenters. The van der Waals surface area contributed by atoms with Crippen LogP contribution in [-0.2, 0) is 0 Å². The van der Waals surface area contributed by atoms with Crippen LogP contribution in [0.3, 0.4) is 0 Å². The van der Waals surface area contributed by atoms with Gasteiger partial charge in [0.2, 0.25) is 0 Å². The highest BCUT2D eigenvalue weighted by atomic mass is 35.5. The number of carbonyl (C=O) groups excluding carboxylic acids is 1. The smallest absolute Gasteiger partial charge is 0.323 e. The lowest BCUT2D eigenvalue weighted by Gasteiger charge is -2.40. The summed E-state index contributed by atoms with van der Waals surface area (Å²) in [6.07, 6.45) is 2.78. The third kappa shape index (κ3) is 5.15. The molecule has 3 rings (SSSR count). The molecular weight excluding hydrogens is 370 g/mol. The second kappa shape index (κ2) is 8.50. The summed E-state index contributed by atoms with van der Waals surface area (Å²) in [6, 6.07) is 13.0. The predicted octanol–water partition coefficient (Wildman–Crippen LogP) is 5.29. The highest BCUT2D eigenvalue weighted by molar-refractivity contribution is 6.30. The maximum atomic E-state index is 12.6. The van der Waals surface area contributed by atoms with Crippen molar-refractivity contribution in [2.75, 3.05) is 18.4 Å². The van der Waals surface area contributed by atoms with Crippen LogP contribution in [0, 0.1) is 24.2 Å². The van der Waals surface area contributed by atoms with E-state index in [1.54, 1.807) is 6.07 Å². The van der Waals surface area contributed by atoms with Crippen molar-refractivity contribution < 1.29 is 4.79 Å². The molecule has 0 saturated carbocycles. The van der Waals surface area contributed by atoms with E-state index in [9.17, 15) is 4.79 Å². The monoisotopic (exact) mass is 393 g/mol. The number of aromatic nitrogens is 1. The number of amides is 2. The molecule has 1 fully saturated rings. The van der Waals surface area contributed by atoms with Crippen molar-refractivity contribution in [3.05, 3.63) is 70.4 Å². The maximum absolute atomic E-state index is 12.6. The van der Waals surface area contributed by atoms with Gasteiger partial charge < -0.3 is 4.90 Å². The van der Waals surface area contributed by atoms with Crippen LogP contribution >= 0.6 is 11.6 Å². The molecule has 4 nitrogen and oxygen atoms in total. The van der Waals surface area contributed by atoms with Gasteiger partial charge >= 0.3 is 6.03 Å². The first-order valence-corrected chi connectivity index (χ1v) is 9.67. The Morgan fingerprint density at radius 1 is 1.29 bits per heavy atom. The van der Waals surface area contributed by atoms with Crippen LogP contribution in [0.5, 0.6) is 0 Å². The van der Waals surface area contributed by atoms with E-state index in [-0.39, 0.29) is 11.4 Å². The quantitative estimate of drug-likeness (QED) is 0.669. The molecule has 5 heteroatoms. The molecule has 2 amide bonds. The zero-order valence-corrected chi connectivity index (χ0v) is 17.2. The number of nitrogens with one attached hydrogen (secondary N) is 1. The predicted molar refractivity (Wildman–Crippen MR) is 114 cm³/mol. The lowest BCUT2D eigenvalue weighted by Crippen LogP contribution is -2.46. The number of urea groups is 1. The molecule has 1 aromatic carbocycles. The number of anilines is 1. The average Bonchev–Trinajstić information content (AvgIpc) is 2.62. The number of carbonyl (C=O) groups is 1. The Kier molecular flexibility index (Phi) is 6.06. The van der Waals surface area contributed by atoms with Gasteiger partial charge in [0.1, 0.15) is 5.82 Å². The third-order valence-electron chi connectivity index (χ3n) is 4.80. The van der Waals surface area contributed by atoms with Crippen LogP contribution in [0.2, 0.25) is 5.02 Å². The number of allylic oxidation sites excluding steroid dienone is 1. The first kappa shape index (κ1) is 20.0. The largest absolute Gasteiger partial charge is 0.323 e. The van der Waals surface area contributed by atoms with Crippen molar-refractivity contribution in [2.45, 2.75) is 27.2 Å². The average molecular weight is 394 g/mol. The van der Waals surface area contributed by atoms with Gasteiger partial charge in [-0.2, -0.15) is 0 Å². The van der Waals surface area contributed by atoms with Crippen molar-refractivity contribution in [3.63, 3.8) is 0 Å². The number of halogens is 1. The molecule has 0 aliphatic carbocycles. The van der Waals surface area contributed by atoms with E-state index in [0.29, 0.717) is 23.9 Å². The van der Waals surface area contributed by atoms with Crippen molar-refractivity contribution in [3.8, 4) is 11.8 Å². The van der Waals surface area contributed by atoms with Gasteiger partial charge in [-0.1, -0.05) is 55.0 Å². The zero-order valence-electron chi connectivity index (χ0n) is 16.4. The molecule has 1 aromatic heterocycles. The number of rotatable bonds is 1. The van der Waals surface area contributed by atoms with Gasteiger partial charge in [0.05, 0.1) is 0 Å². The number of nitrogens with zero attached hydrogens (tertiary/aromatic N) is 2. The lowest BCUT2D eigenvalue weighted by atomic mass is 9.79. The molecule has 1 aliphatic rings. The number of likely N-dealkylation sites (tertiary alicyclic amines) is 1. The minimum atomic E-state index is -0.140. The van der Waals surface area contributed by atoms with E-state index in [0.717, 1.165) is 17.7 Å². The molecule has 0 radical (unpaired) electrons. The summed E-state index contributed by atoms with van der Waals surface area (Å²) >= 11 is 6.00. The van der Waals surface area contributed by atoms with Gasteiger partial charge in [-0.15, -0.1) is 0 Å². The van der Waals surface area contributed by atoms with Crippen molar-refractivity contribution in [1.29, 1.82) is 0 Å². The summed E-state index contributed by atoms with van der Waals surface area (Å²) in [7, 11) is 0. The molecule has 2 aromatic rings. The Balaban J connectivity index is 1.66. The summed E-state index contributed by atoms with van der Waals surface area (Å²) in [6.45, 7) is 7.48. The standard InChI is InChI=1S/C23H24ClN3O/c1-17-7-4-12-21(25-17)26-22(28)27-14-13-19(23(2,3)16-27)10-5-8-18-9-6-11-20(24)15-18/h4,6-7,9-12,15H,13-14,16H2,1-3H3,(H,25,26,28)/b19-10+. The SMILES string of the molecule is Cc1cccc(NC(=O)N2CC/C(=C\C#Cc3cccc(Cl)c3)C(C)(C)C2)n1. The Morgan fingerprint density at radius 2 is 2.07 bits per heavy atom. The fraction of sp³-hybridized carbons (Fsp3) is 0.304. The second-order valence-corrected chi connectivity index (χ2v) is 8.04. The second-order valence-electron chi connectivity index (χ2n) is 7.60. The van der Waals surface area contributed by atoms with E-state index in [1.807, 2.05) is 54.3 Å². The first-order valence-electron chi connectivity index (χ1n) is 9.30. The van der Waals surface area contributed by atoms with Gasteiger partial charge in [0.25, 0.3) is 0 Å². The van der Waals surface area contributed by atoms with Crippen LogP contribution in [-0.4, -0.2) is 29.0 Å². The molecular formula is C23H24ClN3O. The molecule has 1 N–H and O–H groups in total. The van der Waals surface area contributed by atoms with Crippen molar-refractivity contribution in [1.82, 2.24) is 9.88 Å². The van der Waals surface area contributed by atoms with E-state index >= 15 is 0 Å². The fourth-order valence-corrected chi connectivity index (χ4v) is 3.46. The summed E-state index contributed by atoms with van der Waals surface area (Å²) in [5.41, 5.74) is 2.88. The Hall–Kier alpha value is -2.77. The molecule has 28 heavy (non-hydrogen) atoms. The highest BCUT2D eigenvalue weighted by Gasteiger charge is 2.33. The molecule has 144 valence electrons. The van der Waals surface area contributed by atoms with Crippen molar-refractivity contribution in [2.24, 2.45) is 5.41 Å². The Morgan fingerprint density at radius 3 is 2.79 bits per heavy atom. The Bertz CT molecular complexity index is 969. The topological polar surface area (TPSA) is 45.2 Å². The van der Waals surface area contributed by atoms with Gasteiger partial charge in [0, 0.05) is 34.8 Å². The van der Waals surface area contributed by atoms with Crippen LogP contribution in [0.25, 0.3) is 0 Å². The van der Waals surface area contributed by atoms with Crippen LogP contribution in [0.4, 0.5) is 10.6 Å². The van der Waals surface area contributed by atoms with Gasteiger partial charge in [0.15, 0.2) is 0 Å². The molecule has 0 spiro atoms. The lowest BCUT2D eigenvalue weighted by molar-refractivity contribution is 0.172. The number of benzene rings is 1. The van der Waals surface area contributed by atoms with E-state index in [1.165, 1.54) is 5.57 Å². The van der Waals surface area contributed by atoms with E-state index < -0.39 is 0 Å². The van der Waals surface area contributed by atoms with Crippen LogP contribution in [0.15, 0.2) is 54.1 Å². The van der Waals surface area contributed by atoms with Gasteiger partial charge in [-0.25, -0.2) is 9.78 Å². The Labute approximate surface area is 171 Å². The molecule has 2 heterocycles. The van der Waals surface area contributed by atoms with E-state index in [4.69, 9.17) is 11.6 Å². The van der Waals surface area contributed by atoms with Crippen LogP contribution in [0.1, 0.15) is 31.5 Å².